The lowest BCUT2D eigenvalue weighted by Gasteiger charge is -2.29. The number of rotatable bonds is 3. The van der Waals surface area contributed by atoms with Crippen LogP contribution in [0.25, 0.3) is 5.69 Å². The van der Waals surface area contributed by atoms with Crippen LogP contribution in [0.15, 0.2) is 61.2 Å². The first-order valence-electron chi connectivity index (χ1n) is 7.25. The second-order valence-electron chi connectivity index (χ2n) is 5.41. The van der Waals surface area contributed by atoms with Crippen LogP contribution < -0.4 is 4.74 Å². The predicted molar refractivity (Wildman–Crippen MR) is 82.5 cm³/mol. The van der Waals surface area contributed by atoms with E-state index in [4.69, 9.17) is 4.74 Å². The van der Waals surface area contributed by atoms with E-state index in [0.717, 1.165) is 24.5 Å². The third-order valence-corrected chi connectivity index (χ3v) is 3.81. The zero-order valence-electron chi connectivity index (χ0n) is 12.1. The van der Waals surface area contributed by atoms with Crippen molar-refractivity contribution in [2.24, 2.45) is 0 Å². The van der Waals surface area contributed by atoms with E-state index in [1.807, 2.05) is 22.8 Å². The van der Waals surface area contributed by atoms with E-state index < -0.39 is 0 Å². The third-order valence-electron chi connectivity index (χ3n) is 3.81. The minimum Gasteiger partial charge on any atom is -0.478 e. The Labute approximate surface area is 128 Å². The van der Waals surface area contributed by atoms with Crippen molar-refractivity contribution >= 4 is 0 Å². The standard InChI is InChI=1S/C17H16N4O/c1-2-4-14(5-3-1)9-20-10-15-8-16(21-11-18-19-12-21)6-7-17(15)22-13-20/h1-8,11-12H,9-10,13H2. The summed E-state index contributed by atoms with van der Waals surface area (Å²) in [4.78, 5) is 2.29. The Balaban J connectivity index is 1.55. The Hall–Kier alpha value is -2.66. The summed E-state index contributed by atoms with van der Waals surface area (Å²) >= 11 is 0. The lowest BCUT2D eigenvalue weighted by Crippen LogP contribution is -2.31. The molecular formula is C17H16N4O. The van der Waals surface area contributed by atoms with E-state index in [0.29, 0.717) is 6.73 Å². The monoisotopic (exact) mass is 292 g/mol. The number of fused-ring (bicyclic) bond motifs is 1. The Bertz CT molecular complexity index is 756. The lowest BCUT2D eigenvalue weighted by molar-refractivity contribution is 0.0887. The highest BCUT2D eigenvalue weighted by Gasteiger charge is 2.18. The van der Waals surface area contributed by atoms with E-state index >= 15 is 0 Å². The van der Waals surface area contributed by atoms with Crippen LogP contribution in [0.2, 0.25) is 0 Å². The highest BCUT2D eigenvalue weighted by Crippen LogP contribution is 2.27. The fourth-order valence-corrected chi connectivity index (χ4v) is 2.72. The van der Waals surface area contributed by atoms with Crippen molar-refractivity contribution < 1.29 is 4.74 Å². The normalized spacial score (nSPS) is 14.4. The fourth-order valence-electron chi connectivity index (χ4n) is 2.72. The third kappa shape index (κ3) is 2.58. The molecule has 0 N–H and O–H groups in total. The largest absolute Gasteiger partial charge is 0.478 e. The molecule has 22 heavy (non-hydrogen) atoms. The molecule has 5 heteroatoms. The molecule has 0 saturated carbocycles. The summed E-state index contributed by atoms with van der Waals surface area (Å²) in [6.45, 7) is 2.38. The molecule has 1 aliphatic heterocycles. The molecule has 0 bridgehead atoms. The van der Waals surface area contributed by atoms with Crippen molar-refractivity contribution in [3.05, 3.63) is 72.3 Å². The topological polar surface area (TPSA) is 43.2 Å². The Morgan fingerprint density at radius 2 is 1.82 bits per heavy atom. The summed E-state index contributed by atoms with van der Waals surface area (Å²) in [7, 11) is 0. The maximum Gasteiger partial charge on any atom is 0.142 e. The first-order chi connectivity index (χ1) is 10.9. The zero-order valence-corrected chi connectivity index (χ0v) is 12.1. The van der Waals surface area contributed by atoms with Gasteiger partial charge < -0.3 is 4.74 Å². The SMILES string of the molecule is c1ccc(CN2COc3ccc(-n4cnnc4)cc3C2)cc1. The second-order valence-corrected chi connectivity index (χ2v) is 5.41. The van der Waals surface area contributed by atoms with Gasteiger partial charge in [0.2, 0.25) is 0 Å². The molecule has 110 valence electrons. The predicted octanol–water partition coefficient (Wildman–Crippen LogP) is 2.62. The van der Waals surface area contributed by atoms with Crippen molar-refractivity contribution in [1.29, 1.82) is 0 Å². The van der Waals surface area contributed by atoms with Gasteiger partial charge in [-0.1, -0.05) is 30.3 Å². The summed E-state index contributed by atoms with van der Waals surface area (Å²) in [5.41, 5.74) is 3.53. The Kier molecular flexibility index (Phi) is 3.33. The van der Waals surface area contributed by atoms with Gasteiger partial charge in [-0.3, -0.25) is 9.47 Å². The molecule has 0 radical (unpaired) electrons. The van der Waals surface area contributed by atoms with Gasteiger partial charge in [-0.15, -0.1) is 10.2 Å². The molecule has 2 heterocycles. The highest BCUT2D eigenvalue weighted by atomic mass is 16.5. The molecule has 0 unspecified atom stereocenters. The summed E-state index contributed by atoms with van der Waals surface area (Å²) in [6.07, 6.45) is 3.40. The van der Waals surface area contributed by atoms with E-state index in [-0.39, 0.29) is 0 Å². The zero-order chi connectivity index (χ0) is 14.8. The van der Waals surface area contributed by atoms with E-state index in [9.17, 15) is 0 Å². The molecule has 0 atom stereocenters. The summed E-state index contributed by atoms with van der Waals surface area (Å²) < 4.78 is 7.77. The maximum absolute atomic E-state index is 5.87. The van der Waals surface area contributed by atoms with Crippen molar-refractivity contribution in [3.8, 4) is 11.4 Å². The molecule has 0 aliphatic carbocycles. The van der Waals surface area contributed by atoms with Crippen LogP contribution in [0.4, 0.5) is 0 Å². The van der Waals surface area contributed by atoms with Gasteiger partial charge in [-0.25, -0.2) is 0 Å². The van der Waals surface area contributed by atoms with E-state index in [2.05, 4.69) is 45.4 Å². The highest BCUT2D eigenvalue weighted by molar-refractivity contribution is 5.44. The molecule has 4 rings (SSSR count). The van der Waals surface area contributed by atoms with Crippen LogP contribution >= 0.6 is 0 Å². The lowest BCUT2D eigenvalue weighted by atomic mass is 10.1. The molecule has 0 saturated heterocycles. The molecule has 0 spiro atoms. The molecule has 5 nitrogen and oxygen atoms in total. The smallest absolute Gasteiger partial charge is 0.142 e. The molecule has 3 aromatic rings. The minimum absolute atomic E-state index is 0.619. The van der Waals surface area contributed by atoms with Gasteiger partial charge in [0.1, 0.15) is 25.1 Å². The van der Waals surface area contributed by atoms with Gasteiger partial charge in [-0.2, -0.15) is 0 Å². The van der Waals surface area contributed by atoms with Gasteiger partial charge in [0.25, 0.3) is 0 Å². The van der Waals surface area contributed by atoms with Crippen molar-refractivity contribution in [1.82, 2.24) is 19.7 Å². The van der Waals surface area contributed by atoms with Crippen molar-refractivity contribution in [3.63, 3.8) is 0 Å². The minimum atomic E-state index is 0.619. The van der Waals surface area contributed by atoms with E-state index in [1.54, 1.807) is 12.7 Å². The van der Waals surface area contributed by atoms with Crippen LogP contribution in [0.5, 0.6) is 5.75 Å². The summed E-state index contributed by atoms with van der Waals surface area (Å²) in [6, 6.07) is 16.6. The average molecular weight is 292 g/mol. The molecule has 2 aromatic carbocycles. The number of aromatic nitrogens is 3. The molecule has 1 aliphatic rings. The first-order valence-corrected chi connectivity index (χ1v) is 7.25. The number of hydrogen-bond donors (Lipinski definition) is 0. The van der Waals surface area contributed by atoms with Gasteiger partial charge in [0.15, 0.2) is 0 Å². The van der Waals surface area contributed by atoms with Crippen LogP contribution in [0.3, 0.4) is 0 Å². The number of ether oxygens (including phenoxy) is 1. The Morgan fingerprint density at radius 1 is 1.00 bits per heavy atom. The van der Waals surface area contributed by atoms with Gasteiger partial charge in [0, 0.05) is 24.3 Å². The summed E-state index contributed by atoms with van der Waals surface area (Å²) in [5, 5.41) is 7.71. The van der Waals surface area contributed by atoms with Gasteiger partial charge in [0.05, 0.1) is 0 Å². The van der Waals surface area contributed by atoms with E-state index in [1.165, 1.54) is 11.1 Å². The number of hydrogen-bond acceptors (Lipinski definition) is 4. The first kappa shape index (κ1) is 13.0. The van der Waals surface area contributed by atoms with Crippen molar-refractivity contribution in [2.45, 2.75) is 13.1 Å². The van der Waals surface area contributed by atoms with Crippen LogP contribution in [-0.2, 0) is 13.1 Å². The molecule has 1 aromatic heterocycles. The molecular weight excluding hydrogens is 276 g/mol. The number of nitrogens with zero attached hydrogens (tertiary/aromatic N) is 4. The Morgan fingerprint density at radius 3 is 2.64 bits per heavy atom. The van der Waals surface area contributed by atoms with Crippen molar-refractivity contribution in [2.75, 3.05) is 6.73 Å². The maximum atomic E-state index is 5.87. The fraction of sp³-hybridized carbons (Fsp3) is 0.176. The quantitative estimate of drug-likeness (QED) is 0.744. The summed E-state index contributed by atoms with van der Waals surface area (Å²) in [5.74, 6) is 0.959. The van der Waals surface area contributed by atoms with Gasteiger partial charge >= 0.3 is 0 Å². The van der Waals surface area contributed by atoms with Crippen LogP contribution in [0, 0.1) is 0 Å². The second kappa shape index (κ2) is 5.61. The number of benzene rings is 2. The average Bonchev–Trinajstić information content (AvgIpc) is 3.10. The van der Waals surface area contributed by atoms with Gasteiger partial charge in [-0.05, 0) is 23.8 Å². The van der Waals surface area contributed by atoms with Crippen LogP contribution in [-0.4, -0.2) is 26.4 Å². The molecule has 0 fully saturated rings. The molecule has 0 amide bonds. The van der Waals surface area contributed by atoms with Crippen LogP contribution in [0.1, 0.15) is 11.1 Å².